The van der Waals surface area contributed by atoms with E-state index in [0.717, 1.165) is 22.6 Å². The maximum Gasteiger partial charge on any atom is 0.410 e. The fourth-order valence-corrected chi connectivity index (χ4v) is 3.30. The van der Waals surface area contributed by atoms with Crippen molar-refractivity contribution in [2.75, 3.05) is 31.6 Å². The number of nitrogens with zero attached hydrogens (tertiary/aromatic N) is 4. The summed E-state index contributed by atoms with van der Waals surface area (Å²) in [5.41, 5.74) is 2.08. The molecule has 7 nitrogen and oxygen atoms in total. The van der Waals surface area contributed by atoms with Gasteiger partial charge >= 0.3 is 6.09 Å². The lowest BCUT2D eigenvalue weighted by molar-refractivity contribution is 0.0123. The number of aliphatic hydroxyl groups excluding tert-OH is 1. The van der Waals surface area contributed by atoms with Gasteiger partial charge in [-0.1, -0.05) is 29.8 Å². The minimum absolute atomic E-state index is 0.134. The third-order valence-corrected chi connectivity index (χ3v) is 5.32. The Kier molecular flexibility index (Phi) is 7.77. The normalized spacial score (nSPS) is 12.6. The Morgan fingerprint density at radius 2 is 2.00 bits per heavy atom. The number of halogens is 1. The molecular weight excluding hydrogens is 404 g/mol. The van der Waals surface area contributed by atoms with Gasteiger partial charge in [-0.25, -0.2) is 4.79 Å². The first-order valence-electron chi connectivity index (χ1n) is 10.1. The molecule has 1 unspecified atom stereocenters. The number of rotatable bonds is 7. The zero-order valence-electron chi connectivity index (χ0n) is 18.9. The molecule has 2 rings (SSSR count). The van der Waals surface area contributed by atoms with Crippen LogP contribution in [0.3, 0.4) is 0 Å². The van der Waals surface area contributed by atoms with Crippen molar-refractivity contribution in [1.29, 1.82) is 0 Å². The van der Waals surface area contributed by atoms with Crippen LogP contribution in [0.5, 0.6) is 0 Å². The smallest absolute Gasteiger partial charge is 0.410 e. The van der Waals surface area contributed by atoms with Gasteiger partial charge in [-0.2, -0.15) is 5.10 Å². The van der Waals surface area contributed by atoms with E-state index in [9.17, 15) is 9.90 Å². The first-order valence-corrected chi connectivity index (χ1v) is 10.4. The molecule has 166 valence electrons. The zero-order chi connectivity index (χ0) is 22.6. The van der Waals surface area contributed by atoms with E-state index < -0.39 is 11.7 Å². The molecule has 0 spiro atoms. The highest BCUT2D eigenvalue weighted by atomic mass is 35.5. The van der Waals surface area contributed by atoms with Gasteiger partial charge in [-0.3, -0.25) is 4.68 Å². The second kappa shape index (κ2) is 9.71. The average Bonchev–Trinajstić information content (AvgIpc) is 3.03. The molecule has 2 aromatic rings. The molecule has 0 aliphatic carbocycles. The molecule has 0 aliphatic heterocycles. The summed E-state index contributed by atoms with van der Waals surface area (Å²) in [6, 6.07) is 7.52. The monoisotopic (exact) mass is 436 g/mol. The van der Waals surface area contributed by atoms with Gasteiger partial charge in [0, 0.05) is 38.8 Å². The van der Waals surface area contributed by atoms with Crippen molar-refractivity contribution in [3.63, 3.8) is 0 Å². The standard InChI is InChI=1S/C22H33ClN4O3/c1-15-9-8-10-17(20(15)23)18-13-19(26(7)24-18)25(6)11-12-27(16(2)14-28)21(29)30-22(3,4)5/h8-10,13,16,28H,11-12,14H2,1-7H3. The molecule has 0 aliphatic rings. The van der Waals surface area contributed by atoms with Crippen LogP contribution < -0.4 is 4.90 Å². The number of likely N-dealkylation sites (N-methyl/N-ethyl adjacent to an activating group) is 1. The number of aromatic nitrogens is 2. The molecule has 0 fully saturated rings. The number of aliphatic hydroxyl groups is 1. The topological polar surface area (TPSA) is 70.8 Å². The number of ether oxygens (including phenoxy) is 1. The number of amides is 1. The van der Waals surface area contributed by atoms with E-state index in [1.807, 2.05) is 71.0 Å². The van der Waals surface area contributed by atoms with Gasteiger partial charge in [0.2, 0.25) is 0 Å². The third-order valence-electron chi connectivity index (χ3n) is 4.81. The molecule has 0 radical (unpaired) electrons. The fourth-order valence-electron chi connectivity index (χ4n) is 3.07. The summed E-state index contributed by atoms with van der Waals surface area (Å²) in [5, 5.41) is 14.9. The molecule has 1 amide bonds. The summed E-state index contributed by atoms with van der Waals surface area (Å²) in [6.45, 7) is 10.1. The van der Waals surface area contributed by atoms with Crippen LogP contribution in [-0.4, -0.2) is 64.3 Å². The number of anilines is 1. The van der Waals surface area contributed by atoms with Gasteiger partial charge in [0.05, 0.1) is 23.4 Å². The number of aryl methyl sites for hydroxylation is 2. The molecule has 0 bridgehead atoms. The van der Waals surface area contributed by atoms with Gasteiger partial charge in [-0.15, -0.1) is 0 Å². The van der Waals surface area contributed by atoms with Gasteiger partial charge < -0.3 is 19.6 Å². The van der Waals surface area contributed by atoms with Gasteiger partial charge in [-0.05, 0) is 40.2 Å². The lowest BCUT2D eigenvalue weighted by Gasteiger charge is -2.32. The Balaban J connectivity index is 2.16. The predicted octanol–water partition coefficient (Wildman–Crippen LogP) is 4.10. The molecular formula is C22H33ClN4O3. The molecule has 1 N–H and O–H groups in total. The van der Waals surface area contributed by atoms with Crippen LogP contribution in [0.15, 0.2) is 24.3 Å². The summed E-state index contributed by atoms with van der Waals surface area (Å²) in [6.07, 6.45) is -0.435. The Morgan fingerprint density at radius 3 is 2.60 bits per heavy atom. The molecule has 1 aromatic carbocycles. The van der Waals surface area contributed by atoms with E-state index in [1.54, 1.807) is 16.5 Å². The second-order valence-corrected chi connectivity index (χ2v) is 8.95. The summed E-state index contributed by atoms with van der Waals surface area (Å²) < 4.78 is 7.29. The Labute approximate surface area is 184 Å². The zero-order valence-corrected chi connectivity index (χ0v) is 19.7. The van der Waals surface area contributed by atoms with Crippen molar-refractivity contribution >= 4 is 23.5 Å². The maximum atomic E-state index is 12.6. The third kappa shape index (κ3) is 5.89. The van der Waals surface area contributed by atoms with Gasteiger partial charge in [0.15, 0.2) is 0 Å². The lowest BCUT2D eigenvalue weighted by Crippen LogP contribution is -2.46. The largest absolute Gasteiger partial charge is 0.444 e. The van der Waals surface area contributed by atoms with Crippen molar-refractivity contribution in [3.05, 3.63) is 34.9 Å². The SMILES string of the molecule is Cc1cccc(-c2cc(N(C)CCN(C(=O)OC(C)(C)C)C(C)CO)n(C)n2)c1Cl. The van der Waals surface area contributed by atoms with Crippen LogP contribution in [0.25, 0.3) is 11.3 Å². The molecule has 0 saturated heterocycles. The molecule has 8 heteroatoms. The van der Waals surface area contributed by atoms with Crippen LogP contribution in [0.2, 0.25) is 5.02 Å². The molecule has 1 aromatic heterocycles. The van der Waals surface area contributed by atoms with E-state index in [2.05, 4.69) is 5.10 Å². The Hall–Kier alpha value is -2.25. The van der Waals surface area contributed by atoms with Crippen LogP contribution in [0.4, 0.5) is 10.6 Å². The minimum atomic E-state index is -0.597. The quantitative estimate of drug-likeness (QED) is 0.707. The minimum Gasteiger partial charge on any atom is -0.444 e. The van der Waals surface area contributed by atoms with Crippen molar-refractivity contribution in [2.45, 2.75) is 46.3 Å². The van der Waals surface area contributed by atoms with Crippen molar-refractivity contribution in [2.24, 2.45) is 7.05 Å². The van der Waals surface area contributed by atoms with Crippen LogP contribution in [0, 0.1) is 6.92 Å². The van der Waals surface area contributed by atoms with Crippen molar-refractivity contribution < 1.29 is 14.6 Å². The van der Waals surface area contributed by atoms with Crippen LogP contribution in [-0.2, 0) is 11.8 Å². The Morgan fingerprint density at radius 1 is 1.33 bits per heavy atom. The fraction of sp³-hybridized carbons (Fsp3) is 0.545. The number of benzene rings is 1. The van der Waals surface area contributed by atoms with Gasteiger partial charge in [0.1, 0.15) is 11.4 Å². The first kappa shape index (κ1) is 24.0. The molecule has 0 saturated carbocycles. The highest BCUT2D eigenvalue weighted by Gasteiger charge is 2.26. The van der Waals surface area contributed by atoms with Crippen LogP contribution >= 0.6 is 11.6 Å². The van der Waals surface area contributed by atoms with E-state index in [4.69, 9.17) is 16.3 Å². The highest BCUT2D eigenvalue weighted by Crippen LogP contribution is 2.31. The highest BCUT2D eigenvalue weighted by molar-refractivity contribution is 6.34. The first-order chi connectivity index (χ1) is 13.9. The van der Waals surface area contributed by atoms with Crippen molar-refractivity contribution in [3.8, 4) is 11.3 Å². The van der Waals surface area contributed by atoms with E-state index in [-0.39, 0.29) is 12.6 Å². The van der Waals surface area contributed by atoms with Crippen molar-refractivity contribution in [1.82, 2.24) is 14.7 Å². The van der Waals surface area contributed by atoms with Crippen LogP contribution in [0.1, 0.15) is 33.3 Å². The van der Waals surface area contributed by atoms with Gasteiger partial charge in [0.25, 0.3) is 0 Å². The average molecular weight is 437 g/mol. The molecule has 30 heavy (non-hydrogen) atoms. The number of carbonyl (C=O) groups is 1. The summed E-state index contributed by atoms with van der Waals surface area (Å²) >= 11 is 6.47. The molecule has 1 atom stereocenters. The molecule has 1 heterocycles. The van der Waals surface area contributed by atoms with E-state index in [0.29, 0.717) is 18.1 Å². The number of hydrogen-bond donors (Lipinski definition) is 1. The van der Waals surface area contributed by atoms with E-state index >= 15 is 0 Å². The summed E-state index contributed by atoms with van der Waals surface area (Å²) in [7, 11) is 3.82. The van der Waals surface area contributed by atoms with E-state index in [1.165, 1.54) is 0 Å². The summed E-state index contributed by atoms with van der Waals surface area (Å²) in [4.78, 5) is 16.1. The predicted molar refractivity (Wildman–Crippen MR) is 121 cm³/mol. The second-order valence-electron chi connectivity index (χ2n) is 8.57. The summed E-state index contributed by atoms with van der Waals surface area (Å²) in [5.74, 6) is 0.892. The maximum absolute atomic E-state index is 12.6. The lowest BCUT2D eigenvalue weighted by atomic mass is 10.1. The number of carbonyl (C=O) groups excluding carboxylic acids is 1. The number of hydrogen-bond acceptors (Lipinski definition) is 5. The Bertz CT molecular complexity index is 876.